The number of carbonyl (C=O) groups excluding carboxylic acids is 1. The molecule has 3 aromatic carbocycles. The Balaban J connectivity index is 1.59. The van der Waals surface area contributed by atoms with Gasteiger partial charge in [-0.05, 0) is 44.8 Å². The lowest BCUT2D eigenvalue weighted by molar-refractivity contribution is -0.123. The number of aromatic nitrogens is 1. The first-order valence-electron chi connectivity index (χ1n) is 11.3. The van der Waals surface area contributed by atoms with Gasteiger partial charge in [-0.3, -0.25) is 9.69 Å². The van der Waals surface area contributed by atoms with Crippen LogP contribution in [0.3, 0.4) is 0 Å². The van der Waals surface area contributed by atoms with Crippen molar-refractivity contribution >= 4 is 33.3 Å². The van der Waals surface area contributed by atoms with Crippen LogP contribution in [0.25, 0.3) is 21.5 Å². The van der Waals surface area contributed by atoms with E-state index in [1.807, 2.05) is 32.9 Å². The molecule has 4 aromatic rings. The van der Waals surface area contributed by atoms with E-state index >= 15 is 0 Å². The summed E-state index contributed by atoms with van der Waals surface area (Å²) in [5, 5.41) is 17.5. The SMILES string of the molecule is CC(C)(C)C(=O)Nc1ccc(CN(CCO)Cc2c3ccccc3cc3ccccc23)cn1. The second-order valence-electron chi connectivity index (χ2n) is 9.49. The van der Waals surface area contributed by atoms with Crippen LogP contribution in [0.4, 0.5) is 5.82 Å². The van der Waals surface area contributed by atoms with Gasteiger partial charge in [0.1, 0.15) is 5.82 Å². The highest BCUT2D eigenvalue weighted by molar-refractivity contribution is 6.02. The van der Waals surface area contributed by atoms with E-state index in [0.717, 1.165) is 5.56 Å². The van der Waals surface area contributed by atoms with Crippen LogP contribution in [0, 0.1) is 5.41 Å². The number of benzene rings is 3. The van der Waals surface area contributed by atoms with Crippen LogP contribution in [-0.4, -0.2) is 34.0 Å². The molecule has 0 radical (unpaired) electrons. The van der Waals surface area contributed by atoms with Crippen LogP contribution in [0.1, 0.15) is 31.9 Å². The Hall–Kier alpha value is -3.28. The summed E-state index contributed by atoms with van der Waals surface area (Å²) in [7, 11) is 0. The zero-order chi connectivity index (χ0) is 23.4. The number of pyridine rings is 1. The van der Waals surface area contributed by atoms with Gasteiger partial charge in [-0.2, -0.15) is 0 Å². The summed E-state index contributed by atoms with van der Waals surface area (Å²) < 4.78 is 0. The normalized spacial score (nSPS) is 11.9. The summed E-state index contributed by atoms with van der Waals surface area (Å²) in [6.45, 7) is 7.63. The Morgan fingerprint density at radius 2 is 1.58 bits per heavy atom. The first-order valence-corrected chi connectivity index (χ1v) is 11.3. The molecule has 33 heavy (non-hydrogen) atoms. The van der Waals surface area contributed by atoms with E-state index < -0.39 is 5.41 Å². The molecule has 1 heterocycles. The van der Waals surface area contributed by atoms with Crippen molar-refractivity contribution in [1.29, 1.82) is 0 Å². The summed E-state index contributed by atoms with van der Waals surface area (Å²) >= 11 is 0. The third-order valence-corrected chi connectivity index (χ3v) is 5.83. The lowest BCUT2D eigenvalue weighted by atomic mass is 9.96. The van der Waals surface area contributed by atoms with Crippen molar-refractivity contribution in [1.82, 2.24) is 9.88 Å². The summed E-state index contributed by atoms with van der Waals surface area (Å²) in [6.07, 6.45) is 1.80. The number of nitrogens with one attached hydrogen (secondary N) is 1. The molecule has 0 aliphatic carbocycles. The van der Waals surface area contributed by atoms with Gasteiger partial charge in [-0.1, -0.05) is 75.4 Å². The monoisotopic (exact) mass is 441 g/mol. The van der Waals surface area contributed by atoms with E-state index in [9.17, 15) is 9.90 Å². The number of fused-ring (bicyclic) bond motifs is 2. The van der Waals surface area contributed by atoms with Gasteiger partial charge in [0.2, 0.25) is 5.91 Å². The predicted octanol–water partition coefficient (Wildman–Crippen LogP) is 5.37. The first kappa shape index (κ1) is 22.9. The number of amides is 1. The highest BCUT2D eigenvalue weighted by atomic mass is 16.3. The maximum Gasteiger partial charge on any atom is 0.230 e. The van der Waals surface area contributed by atoms with Crippen LogP contribution in [-0.2, 0) is 17.9 Å². The Kier molecular flexibility index (Phi) is 6.72. The molecule has 0 bridgehead atoms. The van der Waals surface area contributed by atoms with Crippen molar-refractivity contribution in [2.24, 2.45) is 5.41 Å². The number of carbonyl (C=O) groups is 1. The molecule has 0 spiro atoms. The Labute approximate surface area is 195 Å². The van der Waals surface area contributed by atoms with Gasteiger partial charge in [0.15, 0.2) is 0 Å². The molecule has 0 aliphatic heterocycles. The van der Waals surface area contributed by atoms with Crippen molar-refractivity contribution in [3.8, 4) is 0 Å². The van der Waals surface area contributed by atoms with Crippen molar-refractivity contribution in [3.05, 3.63) is 84.1 Å². The summed E-state index contributed by atoms with van der Waals surface area (Å²) in [6, 6.07) is 23.0. The maximum atomic E-state index is 12.2. The molecule has 2 N–H and O–H groups in total. The summed E-state index contributed by atoms with van der Waals surface area (Å²) in [5.41, 5.74) is 1.82. The smallest absolute Gasteiger partial charge is 0.230 e. The van der Waals surface area contributed by atoms with Crippen molar-refractivity contribution in [2.75, 3.05) is 18.5 Å². The molecular formula is C28H31N3O2. The third-order valence-electron chi connectivity index (χ3n) is 5.83. The highest BCUT2D eigenvalue weighted by Crippen LogP contribution is 2.30. The molecule has 0 aliphatic rings. The van der Waals surface area contributed by atoms with Gasteiger partial charge in [0.05, 0.1) is 6.61 Å². The molecule has 0 fully saturated rings. The fraction of sp³-hybridized carbons (Fsp3) is 0.286. The molecule has 0 saturated heterocycles. The second kappa shape index (κ2) is 9.69. The molecule has 1 amide bonds. The molecule has 0 unspecified atom stereocenters. The number of aliphatic hydroxyl groups excluding tert-OH is 1. The van der Waals surface area contributed by atoms with E-state index in [2.05, 4.69) is 69.8 Å². The molecule has 0 saturated carbocycles. The minimum absolute atomic E-state index is 0.0625. The summed E-state index contributed by atoms with van der Waals surface area (Å²) in [4.78, 5) is 18.9. The van der Waals surface area contributed by atoms with Crippen molar-refractivity contribution < 1.29 is 9.90 Å². The zero-order valence-electron chi connectivity index (χ0n) is 19.5. The fourth-order valence-electron chi connectivity index (χ4n) is 4.01. The average Bonchev–Trinajstić information content (AvgIpc) is 2.79. The van der Waals surface area contributed by atoms with Crippen molar-refractivity contribution in [3.63, 3.8) is 0 Å². The van der Waals surface area contributed by atoms with Gasteiger partial charge in [0.25, 0.3) is 0 Å². The maximum absolute atomic E-state index is 12.2. The molecule has 0 atom stereocenters. The van der Waals surface area contributed by atoms with Crippen LogP contribution in [0.2, 0.25) is 0 Å². The van der Waals surface area contributed by atoms with E-state index in [0.29, 0.717) is 25.5 Å². The van der Waals surface area contributed by atoms with E-state index in [-0.39, 0.29) is 12.5 Å². The number of rotatable bonds is 7. The first-order chi connectivity index (χ1) is 15.8. The van der Waals surface area contributed by atoms with Gasteiger partial charge >= 0.3 is 0 Å². The van der Waals surface area contributed by atoms with Gasteiger partial charge in [-0.25, -0.2) is 4.98 Å². The summed E-state index contributed by atoms with van der Waals surface area (Å²) in [5.74, 6) is 0.486. The molecular weight excluding hydrogens is 410 g/mol. The predicted molar refractivity (Wildman–Crippen MR) is 135 cm³/mol. The highest BCUT2D eigenvalue weighted by Gasteiger charge is 2.21. The van der Waals surface area contributed by atoms with Gasteiger partial charge in [0, 0.05) is 31.2 Å². The topological polar surface area (TPSA) is 65.5 Å². The minimum atomic E-state index is -0.473. The minimum Gasteiger partial charge on any atom is -0.395 e. The Bertz CT molecular complexity index is 1210. The van der Waals surface area contributed by atoms with E-state index in [1.165, 1.54) is 27.1 Å². The van der Waals surface area contributed by atoms with Crippen LogP contribution < -0.4 is 5.32 Å². The standard InChI is InChI=1S/C28H31N3O2/c1-28(2,3)27(33)30-26-13-12-20(17-29-26)18-31(14-15-32)19-25-23-10-6-4-8-21(23)16-22-9-5-7-11-24(22)25/h4-13,16-17,32H,14-15,18-19H2,1-3H3,(H,29,30,33). The van der Waals surface area contributed by atoms with Crippen molar-refractivity contribution in [2.45, 2.75) is 33.9 Å². The fourth-order valence-corrected chi connectivity index (χ4v) is 4.01. The number of hydrogen-bond acceptors (Lipinski definition) is 4. The molecule has 170 valence electrons. The Morgan fingerprint density at radius 3 is 2.12 bits per heavy atom. The zero-order valence-corrected chi connectivity index (χ0v) is 19.5. The van der Waals surface area contributed by atoms with Crippen LogP contribution in [0.5, 0.6) is 0 Å². The molecule has 5 nitrogen and oxygen atoms in total. The second-order valence-corrected chi connectivity index (χ2v) is 9.49. The largest absolute Gasteiger partial charge is 0.395 e. The molecule has 1 aromatic heterocycles. The van der Waals surface area contributed by atoms with Gasteiger partial charge in [-0.15, -0.1) is 0 Å². The quantitative estimate of drug-likeness (QED) is 0.379. The lowest BCUT2D eigenvalue weighted by Crippen LogP contribution is -2.28. The number of hydrogen-bond donors (Lipinski definition) is 2. The van der Waals surface area contributed by atoms with Gasteiger partial charge < -0.3 is 10.4 Å². The number of anilines is 1. The number of nitrogens with zero attached hydrogens (tertiary/aromatic N) is 2. The average molecular weight is 442 g/mol. The van der Waals surface area contributed by atoms with Crippen LogP contribution in [0.15, 0.2) is 72.9 Å². The number of aliphatic hydroxyl groups is 1. The lowest BCUT2D eigenvalue weighted by Gasteiger charge is -2.24. The Morgan fingerprint density at radius 1 is 0.939 bits per heavy atom. The van der Waals surface area contributed by atoms with Crippen LogP contribution >= 0.6 is 0 Å². The van der Waals surface area contributed by atoms with E-state index in [1.54, 1.807) is 6.20 Å². The van der Waals surface area contributed by atoms with E-state index in [4.69, 9.17) is 0 Å². The molecule has 4 rings (SSSR count). The third kappa shape index (κ3) is 5.38. The molecule has 5 heteroatoms.